The van der Waals surface area contributed by atoms with E-state index in [2.05, 4.69) is 31.3 Å². The Bertz CT molecular complexity index is 547. The van der Waals surface area contributed by atoms with Crippen LogP contribution in [-0.4, -0.2) is 20.7 Å². The molecule has 0 saturated carbocycles. The van der Waals surface area contributed by atoms with Crippen LogP contribution in [0.15, 0.2) is 35.2 Å². The minimum atomic E-state index is -0.219. The van der Waals surface area contributed by atoms with E-state index in [1.807, 2.05) is 20.0 Å². The lowest BCUT2D eigenvalue weighted by Gasteiger charge is -2.04. The number of hydrogen-bond donors (Lipinski definition) is 1. The van der Waals surface area contributed by atoms with Crippen LogP contribution in [0.3, 0.4) is 0 Å². The summed E-state index contributed by atoms with van der Waals surface area (Å²) in [6.07, 6.45) is 3.35. The quantitative estimate of drug-likeness (QED) is 0.887. The Morgan fingerprint density at radius 1 is 1.39 bits per heavy atom. The summed E-state index contributed by atoms with van der Waals surface area (Å²) in [5.41, 5.74) is 0.497. The Hall–Kier alpha value is -1.69. The van der Waals surface area contributed by atoms with Crippen LogP contribution < -0.4 is 5.32 Å². The molecule has 94 valence electrons. The lowest BCUT2D eigenvalue weighted by molar-refractivity contribution is 0.102. The fourth-order valence-corrected chi connectivity index (χ4v) is 1.63. The SMILES string of the molecule is CC(C)n1ccc(NC(=O)c2ccc(Br)nc2)n1. The topological polar surface area (TPSA) is 59.8 Å². The molecular weight excluding hydrogens is 296 g/mol. The Morgan fingerprint density at radius 3 is 2.72 bits per heavy atom. The molecule has 6 heteroatoms. The number of aromatic nitrogens is 3. The van der Waals surface area contributed by atoms with Gasteiger partial charge < -0.3 is 5.32 Å². The molecule has 0 unspecified atom stereocenters. The molecule has 0 fully saturated rings. The lowest BCUT2D eigenvalue weighted by atomic mass is 10.3. The van der Waals surface area contributed by atoms with Crippen LogP contribution in [-0.2, 0) is 0 Å². The van der Waals surface area contributed by atoms with Crippen LogP contribution in [0.25, 0.3) is 0 Å². The summed E-state index contributed by atoms with van der Waals surface area (Å²) in [5.74, 6) is 0.320. The van der Waals surface area contributed by atoms with Gasteiger partial charge in [0.2, 0.25) is 0 Å². The highest BCUT2D eigenvalue weighted by atomic mass is 79.9. The van der Waals surface area contributed by atoms with Gasteiger partial charge in [-0.3, -0.25) is 9.48 Å². The van der Waals surface area contributed by atoms with Gasteiger partial charge in [-0.25, -0.2) is 4.98 Å². The average molecular weight is 309 g/mol. The third-order valence-corrected chi connectivity index (χ3v) is 2.84. The summed E-state index contributed by atoms with van der Waals surface area (Å²) in [5, 5.41) is 6.97. The van der Waals surface area contributed by atoms with Crippen LogP contribution in [0.2, 0.25) is 0 Å². The molecule has 0 aromatic carbocycles. The van der Waals surface area contributed by atoms with E-state index < -0.39 is 0 Å². The zero-order chi connectivity index (χ0) is 13.1. The van der Waals surface area contributed by atoms with E-state index in [1.165, 1.54) is 6.20 Å². The van der Waals surface area contributed by atoms with Gasteiger partial charge in [-0.05, 0) is 41.9 Å². The van der Waals surface area contributed by atoms with Crippen molar-refractivity contribution in [3.63, 3.8) is 0 Å². The normalized spacial score (nSPS) is 10.7. The van der Waals surface area contributed by atoms with Gasteiger partial charge in [0.25, 0.3) is 5.91 Å². The van der Waals surface area contributed by atoms with E-state index >= 15 is 0 Å². The van der Waals surface area contributed by atoms with Gasteiger partial charge in [0.15, 0.2) is 5.82 Å². The number of carbonyl (C=O) groups excluding carboxylic acids is 1. The smallest absolute Gasteiger partial charge is 0.258 e. The van der Waals surface area contributed by atoms with Gasteiger partial charge in [-0.1, -0.05) is 0 Å². The van der Waals surface area contributed by atoms with Gasteiger partial charge in [-0.15, -0.1) is 0 Å². The molecule has 0 radical (unpaired) electrons. The molecule has 0 aliphatic carbocycles. The first kappa shape index (κ1) is 12.8. The molecule has 2 aromatic rings. The number of rotatable bonds is 3. The van der Waals surface area contributed by atoms with E-state index in [4.69, 9.17) is 0 Å². The summed E-state index contributed by atoms with van der Waals surface area (Å²) < 4.78 is 2.48. The molecule has 2 aromatic heterocycles. The van der Waals surface area contributed by atoms with Gasteiger partial charge in [0.05, 0.1) is 5.56 Å². The number of pyridine rings is 1. The minimum Gasteiger partial charge on any atom is -0.305 e. The Morgan fingerprint density at radius 2 is 2.17 bits per heavy atom. The highest BCUT2D eigenvalue weighted by molar-refractivity contribution is 9.10. The van der Waals surface area contributed by atoms with Crippen LogP contribution in [0.1, 0.15) is 30.2 Å². The van der Waals surface area contributed by atoms with Crippen LogP contribution in [0.5, 0.6) is 0 Å². The van der Waals surface area contributed by atoms with Crippen LogP contribution in [0.4, 0.5) is 5.82 Å². The van der Waals surface area contributed by atoms with E-state index in [9.17, 15) is 4.79 Å². The molecule has 1 amide bonds. The highest BCUT2D eigenvalue weighted by Crippen LogP contribution is 2.11. The summed E-state index contributed by atoms with van der Waals surface area (Å²) >= 11 is 3.22. The molecule has 0 aliphatic heterocycles. The zero-order valence-electron chi connectivity index (χ0n) is 10.1. The highest BCUT2D eigenvalue weighted by Gasteiger charge is 2.09. The van der Waals surface area contributed by atoms with Crippen molar-refractivity contribution in [2.24, 2.45) is 0 Å². The van der Waals surface area contributed by atoms with Crippen molar-refractivity contribution in [2.45, 2.75) is 19.9 Å². The van der Waals surface area contributed by atoms with Crippen molar-refractivity contribution < 1.29 is 4.79 Å². The predicted octanol–water partition coefficient (Wildman–Crippen LogP) is 2.87. The maximum Gasteiger partial charge on any atom is 0.258 e. The number of nitrogens with zero attached hydrogens (tertiary/aromatic N) is 3. The third kappa shape index (κ3) is 2.95. The summed E-state index contributed by atoms with van der Waals surface area (Å²) in [6.45, 7) is 4.05. The molecular formula is C12H13BrN4O. The number of hydrogen-bond acceptors (Lipinski definition) is 3. The van der Waals surface area contributed by atoms with Crippen molar-refractivity contribution in [2.75, 3.05) is 5.32 Å². The maximum absolute atomic E-state index is 11.9. The second-order valence-electron chi connectivity index (χ2n) is 4.10. The Kier molecular flexibility index (Phi) is 3.76. The molecule has 0 bridgehead atoms. The van der Waals surface area contributed by atoms with Gasteiger partial charge in [0, 0.05) is 24.5 Å². The lowest BCUT2D eigenvalue weighted by Crippen LogP contribution is -2.13. The van der Waals surface area contributed by atoms with Crippen LogP contribution >= 0.6 is 15.9 Å². The molecule has 0 saturated heterocycles. The Labute approximate surface area is 113 Å². The second kappa shape index (κ2) is 5.30. The molecule has 0 aliphatic rings. The first-order chi connectivity index (χ1) is 8.56. The minimum absolute atomic E-state index is 0.219. The van der Waals surface area contributed by atoms with Crippen molar-refractivity contribution in [1.82, 2.24) is 14.8 Å². The summed E-state index contributed by atoms with van der Waals surface area (Å²) in [4.78, 5) is 15.9. The predicted molar refractivity (Wildman–Crippen MR) is 72.5 cm³/mol. The van der Waals surface area contributed by atoms with Crippen molar-refractivity contribution in [1.29, 1.82) is 0 Å². The van der Waals surface area contributed by atoms with E-state index in [0.717, 1.165) is 0 Å². The standard InChI is InChI=1S/C12H13BrN4O/c1-8(2)17-6-5-11(16-17)15-12(18)9-3-4-10(13)14-7-9/h3-8H,1-2H3,(H,15,16,18). The van der Waals surface area contributed by atoms with E-state index in [1.54, 1.807) is 22.9 Å². The van der Waals surface area contributed by atoms with E-state index in [-0.39, 0.29) is 11.9 Å². The molecule has 18 heavy (non-hydrogen) atoms. The summed E-state index contributed by atoms with van der Waals surface area (Å²) in [7, 11) is 0. The molecule has 0 spiro atoms. The average Bonchev–Trinajstić information content (AvgIpc) is 2.78. The molecule has 2 rings (SSSR count). The third-order valence-electron chi connectivity index (χ3n) is 2.37. The molecule has 5 nitrogen and oxygen atoms in total. The Balaban J connectivity index is 2.08. The number of anilines is 1. The summed E-state index contributed by atoms with van der Waals surface area (Å²) in [6, 6.07) is 5.46. The van der Waals surface area contributed by atoms with Gasteiger partial charge in [0.1, 0.15) is 4.60 Å². The van der Waals surface area contributed by atoms with Crippen molar-refractivity contribution in [3.05, 3.63) is 40.8 Å². The largest absolute Gasteiger partial charge is 0.305 e. The number of amides is 1. The van der Waals surface area contributed by atoms with Gasteiger partial charge in [-0.2, -0.15) is 5.10 Å². The molecule has 1 N–H and O–H groups in total. The fraction of sp³-hybridized carbons (Fsp3) is 0.250. The number of carbonyl (C=O) groups is 1. The monoisotopic (exact) mass is 308 g/mol. The molecule has 2 heterocycles. The second-order valence-corrected chi connectivity index (χ2v) is 4.91. The maximum atomic E-state index is 11.9. The first-order valence-corrected chi connectivity index (χ1v) is 6.33. The van der Waals surface area contributed by atoms with Crippen molar-refractivity contribution in [3.8, 4) is 0 Å². The van der Waals surface area contributed by atoms with E-state index in [0.29, 0.717) is 16.0 Å². The molecule has 0 atom stereocenters. The number of halogens is 1. The van der Waals surface area contributed by atoms with Gasteiger partial charge >= 0.3 is 0 Å². The zero-order valence-corrected chi connectivity index (χ0v) is 11.7. The first-order valence-electron chi connectivity index (χ1n) is 5.54. The fourth-order valence-electron chi connectivity index (χ4n) is 1.39. The van der Waals surface area contributed by atoms with Crippen molar-refractivity contribution >= 4 is 27.7 Å². The van der Waals surface area contributed by atoms with Crippen LogP contribution in [0, 0.1) is 0 Å². The number of nitrogens with one attached hydrogen (secondary N) is 1.